The average molecular weight is 623 g/mol. The Bertz CT molecular complexity index is 2020. The van der Waals surface area contributed by atoms with Gasteiger partial charge in [-0.1, -0.05) is 133 Å². The van der Waals surface area contributed by atoms with Gasteiger partial charge in [0.2, 0.25) is 0 Å². The molecule has 3 aliphatic rings. The molecular weight excluding hydrogens is 585 g/mol. The first kappa shape index (κ1) is 29.8. The molecule has 0 fully saturated rings. The number of rotatable bonds is 7. The van der Waals surface area contributed by atoms with Gasteiger partial charge in [-0.2, -0.15) is 0 Å². The topological polar surface area (TPSA) is 49.6 Å². The molecule has 0 spiro atoms. The second kappa shape index (κ2) is 13.6. The van der Waals surface area contributed by atoms with Crippen LogP contribution < -0.4 is 5.32 Å². The normalized spacial score (nSPS) is 20.8. The van der Waals surface area contributed by atoms with Crippen molar-refractivity contribution in [2.24, 2.45) is 15.9 Å². The number of nitrogens with one attached hydrogen (secondary N) is 1. The quantitative estimate of drug-likeness (QED) is 0.196. The van der Waals surface area contributed by atoms with E-state index in [0.717, 1.165) is 59.6 Å². The minimum Gasteiger partial charge on any atom is -0.359 e. The Labute approximate surface area is 283 Å². The van der Waals surface area contributed by atoms with Gasteiger partial charge in [-0.05, 0) is 60.1 Å². The van der Waals surface area contributed by atoms with Crippen LogP contribution in [0.5, 0.6) is 0 Å². The number of nitrogens with zero attached hydrogens (tertiary/aromatic N) is 3. The highest BCUT2D eigenvalue weighted by Gasteiger charge is 2.30. The van der Waals surface area contributed by atoms with E-state index in [1.54, 1.807) is 0 Å². The molecule has 1 N–H and O–H groups in total. The number of benzene rings is 4. The SMILES string of the molecule is C1=CN=C(C2CC(c3ccccn3)=CC(c3ccc(C4=NC(c5ccccc5)=C(c5ccccc5)C(c5ccccc5)N4)cc3)C2)CC1. The Balaban J connectivity index is 1.18. The monoisotopic (exact) mass is 622 g/mol. The van der Waals surface area contributed by atoms with Crippen LogP contribution in [0.2, 0.25) is 0 Å². The highest BCUT2D eigenvalue weighted by Crippen LogP contribution is 2.42. The first-order valence-electron chi connectivity index (χ1n) is 17.0. The van der Waals surface area contributed by atoms with Gasteiger partial charge in [0.25, 0.3) is 0 Å². The summed E-state index contributed by atoms with van der Waals surface area (Å²) in [6.07, 6.45) is 12.6. The molecule has 0 amide bonds. The fourth-order valence-electron chi connectivity index (χ4n) is 7.31. The van der Waals surface area contributed by atoms with Crippen LogP contribution in [0.3, 0.4) is 0 Å². The second-order valence-corrected chi connectivity index (χ2v) is 12.8. The summed E-state index contributed by atoms with van der Waals surface area (Å²) in [6, 6.07) is 47.1. The lowest BCUT2D eigenvalue weighted by atomic mass is 9.75. The van der Waals surface area contributed by atoms with E-state index >= 15 is 0 Å². The molecule has 0 bridgehead atoms. The zero-order chi connectivity index (χ0) is 32.1. The Morgan fingerprint density at radius 2 is 1.35 bits per heavy atom. The second-order valence-electron chi connectivity index (χ2n) is 12.8. The van der Waals surface area contributed by atoms with Gasteiger partial charge in [-0.25, -0.2) is 4.99 Å². The van der Waals surface area contributed by atoms with Crippen LogP contribution in [-0.2, 0) is 0 Å². The zero-order valence-corrected chi connectivity index (χ0v) is 26.9. The van der Waals surface area contributed by atoms with Crippen LogP contribution >= 0.6 is 0 Å². The van der Waals surface area contributed by atoms with Gasteiger partial charge < -0.3 is 5.32 Å². The van der Waals surface area contributed by atoms with Gasteiger partial charge in [0.15, 0.2) is 0 Å². The smallest absolute Gasteiger partial charge is 0.134 e. The molecule has 4 heteroatoms. The predicted octanol–water partition coefficient (Wildman–Crippen LogP) is 10.1. The van der Waals surface area contributed by atoms with Gasteiger partial charge in [0.05, 0.1) is 17.4 Å². The third kappa shape index (κ3) is 6.22. The number of hydrogen-bond acceptors (Lipinski definition) is 4. The number of allylic oxidation sites excluding steroid dienone is 3. The molecule has 48 heavy (non-hydrogen) atoms. The molecular formula is C44H38N4. The molecule has 3 atom stereocenters. The van der Waals surface area contributed by atoms with Crippen molar-refractivity contribution in [1.82, 2.24) is 10.3 Å². The van der Waals surface area contributed by atoms with E-state index in [0.29, 0.717) is 5.92 Å². The maximum absolute atomic E-state index is 5.37. The minimum atomic E-state index is -0.0655. The third-order valence-corrected chi connectivity index (χ3v) is 9.71. The molecule has 4 nitrogen and oxygen atoms in total. The summed E-state index contributed by atoms with van der Waals surface area (Å²) in [4.78, 5) is 14.9. The van der Waals surface area contributed by atoms with Gasteiger partial charge >= 0.3 is 0 Å². The van der Waals surface area contributed by atoms with Crippen molar-refractivity contribution in [2.45, 2.75) is 37.6 Å². The van der Waals surface area contributed by atoms with E-state index in [-0.39, 0.29) is 12.0 Å². The van der Waals surface area contributed by atoms with E-state index in [9.17, 15) is 0 Å². The highest BCUT2D eigenvalue weighted by molar-refractivity contribution is 6.09. The van der Waals surface area contributed by atoms with Crippen LogP contribution in [-0.4, -0.2) is 16.5 Å². The van der Waals surface area contributed by atoms with Crippen molar-refractivity contribution in [3.63, 3.8) is 0 Å². The first-order chi connectivity index (χ1) is 23.8. The molecule has 234 valence electrons. The van der Waals surface area contributed by atoms with E-state index in [4.69, 9.17) is 15.0 Å². The third-order valence-electron chi connectivity index (χ3n) is 9.71. The number of aliphatic imine (C=N–C) groups is 2. The summed E-state index contributed by atoms with van der Waals surface area (Å²) in [7, 11) is 0. The average Bonchev–Trinajstić information content (AvgIpc) is 3.19. The van der Waals surface area contributed by atoms with Gasteiger partial charge in [0, 0.05) is 46.6 Å². The number of pyridine rings is 1. The van der Waals surface area contributed by atoms with Crippen molar-refractivity contribution in [3.05, 3.63) is 192 Å². The minimum absolute atomic E-state index is 0.0655. The Morgan fingerprint density at radius 3 is 2.04 bits per heavy atom. The lowest BCUT2D eigenvalue weighted by molar-refractivity contribution is 0.564. The summed E-state index contributed by atoms with van der Waals surface area (Å²) in [6.45, 7) is 0. The van der Waals surface area contributed by atoms with E-state index in [1.165, 1.54) is 28.0 Å². The Hall–Kier alpha value is -5.61. The van der Waals surface area contributed by atoms with Gasteiger partial charge in [0.1, 0.15) is 5.84 Å². The van der Waals surface area contributed by atoms with Crippen molar-refractivity contribution >= 4 is 28.4 Å². The summed E-state index contributed by atoms with van der Waals surface area (Å²) < 4.78 is 0. The maximum Gasteiger partial charge on any atom is 0.134 e. The molecule has 3 unspecified atom stereocenters. The molecule has 5 aromatic rings. The highest BCUT2D eigenvalue weighted by atomic mass is 15.1. The summed E-state index contributed by atoms with van der Waals surface area (Å²) in [5, 5.41) is 3.86. The van der Waals surface area contributed by atoms with E-state index in [1.807, 2.05) is 18.5 Å². The van der Waals surface area contributed by atoms with Crippen molar-refractivity contribution in [1.29, 1.82) is 0 Å². The fourth-order valence-corrected chi connectivity index (χ4v) is 7.31. The van der Waals surface area contributed by atoms with Gasteiger partial charge in [-0.3, -0.25) is 9.98 Å². The van der Waals surface area contributed by atoms with Crippen LogP contribution in [0.25, 0.3) is 16.8 Å². The summed E-state index contributed by atoms with van der Waals surface area (Å²) in [5.41, 5.74) is 11.7. The molecule has 1 aliphatic carbocycles. The van der Waals surface area contributed by atoms with E-state index in [2.05, 4.69) is 145 Å². The van der Waals surface area contributed by atoms with Crippen molar-refractivity contribution in [2.75, 3.05) is 0 Å². The standard InChI is InChI=1S/C44H38N4/c1-4-14-32(15-5-1)41-42(33-16-6-2-7-17-33)47-44(48-43(41)34-18-8-3-9-19-34)35-24-22-31(23-25-35)36-28-37(39-20-10-12-26-45-39)30-38(29-36)40-21-11-13-27-46-40/h1-10,12-20,22-28,36,38,42H,11,21,29-30H2,(H,47,48). The first-order valence-corrected chi connectivity index (χ1v) is 17.0. The number of aromatic nitrogens is 1. The summed E-state index contributed by atoms with van der Waals surface area (Å²) in [5.74, 6) is 1.57. The summed E-state index contributed by atoms with van der Waals surface area (Å²) >= 11 is 0. The fraction of sp³-hybridized carbons (Fsp3) is 0.159. The molecule has 2 aliphatic heterocycles. The van der Waals surface area contributed by atoms with Crippen LogP contribution in [0.1, 0.15) is 71.2 Å². The molecule has 3 heterocycles. The number of amidine groups is 1. The van der Waals surface area contributed by atoms with Crippen molar-refractivity contribution in [3.8, 4) is 0 Å². The van der Waals surface area contributed by atoms with E-state index < -0.39 is 0 Å². The lowest BCUT2D eigenvalue weighted by Crippen LogP contribution is -2.33. The predicted molar refractivity (Wildman–Crippen MR) is 198 cm³/mol. The zero-order valence-electron chi connectivity index (χ0n) is 26.9. The lowest BCUT2D eigenvalue weighted by Gasteiger charge is -2.31. The maximum atomic E-state index is 5.37. The van der Waals surface area contributed by atoms with Crippen LogP contribution in [0, 0.1) is 5.92 Å². The molecule has 0 saturated heterocycles. The Kier molecular flexibility index (Phi) is 8.45. The largest absolute Gasteiger partial charge is 0.359 e. The molecule has 1 aromatic heterocycles. The molecule has 0 radical (unpaired) electrons. The van der Waals surface area contributed by atoms with Crippen LogP contribution in [0.15, 0.2) is 168 Å². The van der Waals surface area contributed by atoms with Crippen molar-refractivity contribution < 1.29 is 0 Å². The molecule has 8 rings (SSSR count). The van der Waals surface area contributed by atoms with Gasteiger partial charge in [-0.15, -0.1) is 0 Å². The number of hydrogen-bond donors (Lipinski definition) is 1. The molecule has 4 aromatic carbocycles. The Morgan fingerprint density at radius 1 is 0.646 bits per heavy atom. The molecule has 0 saturated carbocycles. The van der Waals surface area contributed by atoms with Crippen LogP contribution in [0.4, 0.5) is 0 Å².